The normalized spacial score (nSPS) is 27.4. The SMILES string of the molecule is CCC1CCC(C)N1CC(N)(CO)c1ccccc1. The van der Waals surface area contributed by atoms with Crippen molar-refractivity contribution in [3.63, 3.8) is 0 Å². The van der Waals surface area contributed by atoms with Gasteiger partial charge in [0.2, 0.25) is 0 Å². The molecule has 0 aliphatic carbocycles. The third kappa shape index (κ3) is 2.99. The molecular weight excluding hydrogens is 236 g/mol. The van der Waals surface area contributed by atoms with Crippen molar-refractivity contribution in [1.82, 2.24) is 4.90 Å². The summed E-state index contributed by atoms with van der Waals surface area (Å²) in [6.45, 7) is 5.21. The largest absolute Gasteiger partial charge is 0.394 e. The Hall–Kier alpha value is -0.900. The van der Waals surface area contributed by atoms with Crippen LogP contribution in [-0.2, 0) is 5.54 Å². The fraction of sp³-hybridized carbons (Fsp3) is 0.625. The lowest BCUT2D eigenvalue weighted by molar-refractivity contribution is 0.106. The number of hydrogen-bond acceptors (Lipinski definition) is 3. The minimum absolute atomic E-state index is 0.0172. The van der Waals surface area contributed by atoms with Crippen molar-refractivity contribution in [3.8, 4) is 0 Å². The van der Waals surface area contributed by atoms with Crippen LogP contribution < -0.4 is 5.73 Å². The van der Waals surface area contributed by atoms with Crippen LogP contribution in [0, 0.1) is 0 Å². The fourth-order valence-corrected chi connectivity index (χ4v) is 3.18. The number of benzene rings is 1. The summed E-state index contributed by atoms with van der Waals surface area (Å²) in [4.78, 5) is 2.48. The second-order valence-corrected chi connectivity index (χ2v) is 5.84. The molecule has 1 saturated heterocycles. The quantitative estimate of drug-likeness (QED) is 0.854. The van der Waals surface area contributed by atoms with Gasteiger partial charge in [0.05, 0.1) is 12.1 Å². The zero-order valence-corrected chi connectivity index (χ0v) is 12.0. The molecule has 1 heterocycles. The highest BCUT2D eigenvalue weighted by atomic mass is 16.3. The maximum Gasteiger partial charge on any atom is 0.0773 e. The van der Waals surface area contributed by atoms with Gasteiger partial charge in [-0.1, -0.05) is 37.3 Å². The number of likely N-dealkylation sites (tertiary alicyclic amines) is 1. The van der Waals surface area contributed by atoms with Crippen LogP contribution >= 0.6 is 0 Å². The Morgan fingerprint density at radius 2 is 2.00 bits per heavy atom. The molecule has 0 aromatic heterocycles. The first kappa shape index (κ1) is 14.5. The van der Waals surface area contributed by atoms with E-state index in [2.05, 4.69) is 18.7 Å². The van der Waals surface area contributed by atoms with Crippen molar-refractivity contribution in [1.29, 1.82) is 0 Å². The second-order valence-electron chi connectivity index (χ2n) is 5.84. The van der Waals surface area contributed by atoms with E-state index in [1.165, 1.54) is 12.8 Å². The van der Waals surface area contributed by atoms with Crippen LogP contribution in [0.4, 0.5) is 0 Å². The Labute approximate surface area is 116 Å². The van der Waals surface area contributed by atoms with E-state index in [1.807, 2.05) is 30.3 Å². The van der Waals surface area contributed by atoms with E-state index in [4.69, 9.17) is 5.73 Å². The van der Waals surface area contributed by atoms with Gasteiger partial charge in [-0.2, -0.15) is 0 Å². The number of hydrogen-bond donors (Lipinski definition) is 2. The van der Waals surface area contributed by atoms with Crippen LogP contribution in [0.1, 0.15) is 38.7 Å². The van der Waals surface area contributed by atoms with E-state index in [-0.39, 0.29) is 6.61 Å². The van der Waals surface area contributed by atoms with Crippen molar-refractivity contribution in [3.05, 3.63) is 35.9 Å². The van der Waals surface area contributed by atoms with Gasteiger partial charge in [-0.3, -0.25) is 4.90 Å². The highest BCUT2D eigenvalue weighted by Gasteiger charge is 2.36. The predicted molar refractivity (Wildman–Crippen MR) is 78.9 cm³/mol. The average molecular weight is 262 g/mol. The standard InChI is InChI=1S/C16H26N2O/c1-3-15-10-9-13(2)18(15)11-16(17,12-19)14-7-5-4-6-8-14/h4-8,13,15,19H,3,9-12,17H2,1-2H3. The third-order valence-corrected chi connectivity index (χ3v) is 4.52. The van der Waals surface area contributed by atoms with E-state index in [0.29, 0.717) is 12.1 Å². The van der Waals surface area contributed by atoms with Crippen LogP contribution in [0.3, 0.4) is 0 Å². The zero-order valence-electron chi connectivity index (χ0n) is 12.0. The van der Waals surface area contributed by atoms with Gasteiger partial charge >= 0.3 is 0 Å². The molecule has 106 valence electrons. The molecule has 1 aromatic carbocycles. The fourth-order valence-electron chi connectivity index (χ4n) is 3.18. The zero-order chi connectivity index (χ0) is 13.9. The molecule has 3 unspecified atom stereocenters. The molecule has 1 aliphatic heterocycles. The van der Waals surface area contributed by atoms with Crippen LogP contribution in [0.5, 0.6) is 0 Å². The summed E-state index contributed by atoms with van der Waals surface area (Å²) in [6.07, 6.45) is 3.63. The summed E-state index contributed by atoms with van der Waals surface area (Å²) in [6, 6.07) is 11.1. The van der Waals surface area contributed by atoms with E-state index in [9.17, 15) is 5.11 Å². The minimum atomic E-state index is -0.659. The lowest BCUT2D eigenvalue weighted by atomic mass is 9.90. The summed E-state index contributed by atoms with van der Waals surface area (Å²) in [5, 5.41) is 9.79. The van der Waals surface area contributed by atoms with Crippen molar-refractivity contribution in [2.45, 2.75) is 50.7 Å². The van der Waals surface area contributed by atoms with Gasteiger partial charge in [0.15, 0.2) is 0 Å². The molecule has 3 heteroatoms. The van der Waals surface area contributed by atoms with Gasteiger partial charge in [0, 0.05) is 18.6 Å². The first-order valence-corrected chi connectivity index (χ1v) is 7.31. The molecule has 3 atom stereocenters. The molecule has 0 saturated carbocycles. The summed E-state index contributed by atoms with van der Waals surface area (Å²) >= 11 is 0. The number of nitrogens with zero attached hydrogens (tertiary/aromatic N) is 1. The van der Waals surface area contributed by atoms with Gasteiger partial charge in [-0.15, -0.1) is 0 Å². The van der Waals surface area contributed by atoms with Gasteiger partial charge < -0.3 is 10.8 Å². The molecule has 0 bridgehead atoms. The smallest absolute Gasteiger partial charge is 0.0773 e. The summed E-state index contributed by atoms with van der Waals surface area (Å²) < 4.78 is 0. The molecule has 1 fully saturated rings. The molecule has 0 amide bonds. The highest BCUT2D eigenvalue weighted by Crippen LogP contribution is 2.30. The third-order valence-electron chi connectivity index (χ3n) is 4.52. The summed E-state index contributed by atoms with van der Waals surface area (Å²) in [7, 11) is 0. The van der Waals surface area contributed by atoms with Crippen LogP contribution in [0.15, 0.2) is 30.3 Å². The molecule has 3 N–H and O–H groups in total. The molecule has 1 aliphatic rings. The molecule has 1 aromatic rings. The Morgan fingerprint density at radius 3 is 2.58 bits per heavy atom. The van der Waals surface area contributed by atoms with Gasteiger partial charge in [0.25, 0.3) is 0 Å². The highest BCUT2D eigenvalue weighted by molar-refractivity contribution is 5.25. The number of nitrogens with two attached hydrogens (primary N) is 1. The van der Waals surface area contributed by atoms with E-state index in [0.717, 1.165) is 18.5 Å². The van der Waals surface area contributed by atoms with Crippen molar-refractivity contribution < 1.29 is 5.11 Å². The monoisotopic (exact) mass is 262 g/mol. The first-order chi connectivity index (χ1) is 9.10. The van der Waals surface area contributed by atoms with Gasteiger partial charge in [-0.05, 0) is 31.7 Å². The Morgan fingerprint density at radius 1 is 1.32 bits per heavy atom. The first-order valence-electron chi connectivity index (χ1n) is 7.31. The second kappa shape index (κ2) is 6.04. The number of aliphatic hydroxyl groups is 1. The van der Waals surface area contributed by atoms with E-state index in [1.54, 1.807) is 0 Å². The predicted octanol–water partition coefficient (Wildman–Crippen LogP) is 2.10. The Bertz CT molecular complexity index is 395. The summed E-state index contributed by atoms with van der Waals surface area (Å²) in [5.41, 5.74) is 6.85. The molecule has 2 rings (SSSR count). The van der Waals surface area contributed by atoms with Crippen LogP contribution in [0.2, 0.25) is 0 Å². The molecule has 3 nitrogen and oxygen atoms in total. The Balaban J connectivity index is 2.18. The van der Waals surface area contributed by atoms with Crippen molar-refractivity contribution in [2.24, 2.45) is 5.73 Å². The van der Waals surface area contributed by atoms with Crippen molar-refractivity contribution >= 4 is 0 Å². The van der Waals surface area contributed by atoms with E-state index < -0.39 is 5.54 Å². The molecule has 19 heavy (non-hydrogen) atoms. The topological polar surface area (TPSA) is 49.5 Å². The minimum Gasteiger partial charge on any atom is -0.394 e. The van der Waals surface area contributed by atoms with Crippen LogP contribution in [-0.4, -0.2) is 35.2 Å². The number of rotatable bonds is 5. The maximum absolute atomic E-state index is 9.79. The lowest BCUT2D eigenvalue weighted by Crippen LogP contribution is -2.53. The van der Waals surface area contributed by atoms with Crippen LogP contribution in [0.25, 0.3) is 0 Å². The molecular formula is C16H26N2O. The number of aliphatic hydroxyl groups excluding tert-OH is 1. The van der Waals surface area contributed by atoms with E-state index >= 15 is 0 Å². The Kier molecular flexibility index (Phi) is 4.61. The molecule has 0 radical (unpaired) electrons. The maximum atomic E-state index is 9.79. The molecule has 0 spiro atoms. The van der Waals surface area contributed by atoms with Crippen molar-refractivity contribution in [2.75, 3.05) is 13.2 Å². The van der Waals surface area contributed by atoms with Gasteiger partial charge in [-0.25, -0.2) is 0 Å². The summed E-state index contributed by atoms with van der Waals surface area (Å²) in [5.74, 6) is 0. The average Bonchev–Trinajstić information content (AvgIpc) is 2.80. The lowest BCUT2D eigenvalue weighted by Gasteiger charge is -2.37. The van der Waals surface area contributed by atoms with Gasteiger partial charge in [0.1, 0.15) is 0 Å².